The van der Waals surface area contributed by atoms with Crippen LogP contribution in [-0.2, 0) is 26.2 Å². The van der Waals surface area contributed by atoms with Gasteiger partial charge in [-0.1, -0.05) is 55.8 Å². The molecule has 3 aromatic carbocycles. The van der Waals surface area contributed by atoms with E-state index in [1.165, 1.54) is 41.3 Å². The normalized spacial score (nSPS) is 11.9. The molecule has 1 N–H and O–H groups in total. The van der Waals surface area contributed by atoms with Crippen molar-refractivity contribution in [2.24, 2.45) is 0 Å². The minimum atomic E-state index is -4.23. The fraction of sp³-hybridized carbons (Fsp3) is 0.355. The molecule has 0 fully saturated rings. The van der Waals surface area contributed by atoms with E-state index in [1.807, 2.05) is 13.8 Å². The molecule has 8 nitrogen and oxygen atoms in total. The molecule has 41 heavy (non-hydrogen) atoms. The largest absolute Gasteiger partial charge is 0.492 e. The Morgan fingerprint density at radius 3 is 2.22 bits per heavy atom. The number of para-hydroxylation sites is 2. The number of anilines is 1. The molecule has 0 radical (unpaired) electrons. The van der Waals surface area contributed by atoms with Gasteiger partial charge in [-0.3, -0.25) is 13.9 Å². The number of benzene rings is 3. The van der Waals surface area contributed by atoms with Crippen LogP contribution in [0, 0.1) is 12.7 Å². The molecule has 0 heterocycles. The molecule has 220 valence electrons. The summed E-state index contributed by atoms with van der Waals surface area (Å²) in [6.07, 6.45) is 1.01. The molecule has 10 heteroatoms. The van der Waals surface area contributed by atoms with Gasteiger partial charge in [-0.05, 0) is 68.7 Å². The lowest BCUT2D eigenvalue weighted by Gasteiger charge is -2.33. The smallest absolute Gasteiger partial charge is 0.264 e. The van der Waals surface area contributed by atoms with Gasteiger partial charge in [-0.25, -0.2) is 12.8 Å². The van der Waals surface area contributed by atoms with Crippen LogP contribution < -0.4 is 14.4 Å². The Morgan fingerprint density at radius 2 is 1.61 bits per heavy atom. The Bertz CT molecular complexity index is 1410. The Hall–Kier alpha value is -3.92. The van der Waals surface area contributed by atoms with Crippen molar-refractivity contribution in [3.63, 3.8) is 0 Å². The Morgan fingerprint density at radius 1 is 0.951 bits per heavy atom. The van der Waals surface area contributed by atoms with E-state index >= 15 is 0 Å². The van der Waals surface area contributed by atoms with E-state index in [0.29, 0.717) is 30.7 Å². The van der Waals surface area contributed by atoms with Crippen LogP contribution in [0.2, 0.25) is 0 Å². The lowest BCUT2D eigenvalue weighted by molar-refractivity contribution is -0.140. The number of carbonyl (C=O) groups excluding carboxylic acids is 2. The Balaban J connectivity index is 2.09. The zero-order valence-electron chi connectivity index (χ0n) is 24.0. The summed E-state index contributed by atoms with van der Waals surface area (Å²) in [5, 5.41) is 2.84. The van der Waals surface area contributed by atoms with Crippen LogP contribution in [-0.4, -0.2) is 50.9 Å². The highest BCUT2D eigenvalue weighted by Gasteiger charge is 2.34. The van der Waals surface area contributed by atoms with Gasteiger partial charge in [0.1, 0.15) is 24.2 Å². The lowest BCUT2D eigenvalue weighted by Crippen LogP contribution is -2.52. The number of rotatable bonds is 14. The van der Waals surface area contributed by atoms with E-state index in [1.54, 1.807) is 50.2 Å². The van der Waals surface area contributed by atoms with E-state index in [-0.39, 0.29) is 29.6 Å². The van der Waals surface area contributed by atoms with Gasteiger partial charge in [-0.15, -0.1) is 0 Å². The highest BCUT2D eigenvalue weighted by molar-refractivity contribution is 7.92. The summed E-state index contributed by atoms with van der Waals surface area (Å²) in [5.41, 5.74) is 1.69. The summed E-state index contributed by atoms with van der Waals surface area (Å²) >= 11 is 0. The third-order valence-corrected chi connectivity index (χ3v) is 8.30. The van der Waals surface area contributed by atoms with Crippen molar-refractivity contribution in [1.82, 2.24) is 10.2 Å². The highest BCUT2D eigenvalue weighted by atomic mass is 32.2. The second kappa shape index (κ2) is 14.6. The number of aryl methyl sites for hydroxylation is 1. The number of nitrogens with zero attached hydrogens (tertiary/aromatic N) is 2. The number of amides is 2. The van der Waals surface area contributed by atoms with Gasteiger partial charge in [0.15, 0.2) is 0 Å². The molecule has 0 aromatic heterocycles. The third-order valence-electron chi connectivity index (χ3n) is 6.52. The predicted molar refractivity (Wildman–Crippen MR) is 158 cm³/mol. The van der Waals surface area contributed by atoms with Crippen molar-refractivity contribution in [3.8, 4) is 5.75 Å². The van der Waals surface area contributed by atoms with Crippen molar-refractivity contribution >= 4 is 27.5 Å². The number of hydrogen-bond acceptors (Lipinski definition) is 5. The molecule has 1 unspecified atom stereocenters. The van der Waals surface area contributed by atoms with Crippen molar-refractivity contribution < 1.29 is 27.1 Å². The summed E-state index contributed by atoms with van der Waals surface area (Å²) < 4.78 is 48.5. The zero-order valence-corrected chi connectivity index (χ0v) is 24.8. The van der Waals surface area contributed by atoms with Gasteiger partial charge in [0.2, 0.25) is 11.8 Å². The van der Waals surface area contributed by atoms with Crippen LogP contribution in [0.4, 0.5) is 10.1 Å². The molecule has 3 aromatic rings. The molecule has 0 aliphatic carbocycles. The molecule has 3 rings (SSSR count). The fourth-order valence-corrected chi connectivity index (χ4v) is 5.79. The van der Waals surface area contributed by atoms with Gasteiger partial charge in [0, 0.05) is 13.1 Å². The predicted octanol–water partition coefficient (Wildman–Crippen LogP) is 5.06. The molecule has 0 aliphatic rings. The molecular formula is C31H38FN3O5S. The SMILES string of the molecule is CCCNC(=O)C(CC)N(Cc1ccc(F)cc1)C(=O)CN(c1ccccc1OCC)S(=O)(=O)c1ccc(C)cc1. The number of carbonyl (C=O) groups is 2. The number of halogens is 1. The first kappa shape index (κ1) is 31.6. The highest BCUT2D eigenvalue weighted by Crippen LogP contribution is 2.33. The van der Waals surface area contributed by atoms with Crippen LogP contribution in [0.1, 0.15) is 44.7 Å². The maximum atomic E-state index is 14.1. The van der Waals surface area contributed by atoms with Gasteiger partial charge in [-0.2, -0.15) is 0 Å². The topological polar surface area (TPSA) is 96.0 Å². The number of sulfonamides is 1. The lowest BCUT2D eigenvalue weighted by atomic mass is 10.1. The molecule has 0 saturated carbocycles. The summed E-state index contributed by atoms with van der Waals surface area (Å²) in [6.45, 7) is 7.47. The van der Waals surface area contributed by atoms with Crippen LogP contribution in [0.3, 0.4) is 0 Å². The monoisotopic (exact) mass is 583 g/mol. The summed E-state index contributed by atoms with van der Waals surface area (Å²) in [4.78, 5) is 28.6. The summed E-state index contributed by atoms with van der Waals surface area (Å²) in [5.74, 6) is -1.05. The minimum absolute atomic E-state index is 0.0112. The van der Waals surface area contributed by atoms with Crippen LogP contribution in [0.5, 0.6) is 5.75 Å². The van der Waals surface area contributed by atoms with Crippen molar-refractivity contribution in [2.45, 2.75) is 58.0 Å². The van der Waals surface area contributed by atoms with Crippen LogP contribution in [0.25, 0.3) is 0 Å². The third kappa shape index (κ3) is 8.07. The molecule has 0 aliphatic heterocycles. The molecule has 2 amide bonds. The van der Waals surface area contributed by atoms with Gasteiger partial charge in [0.05, 0.1) is 17.2 Å². The Labute approximate surface area is 242 Å². The van der Waals surface area contributed by atoms with Crippen molar-refractivity contribution in [1.29, 1.82) is 0 Å². The minimum Gasteiger partial charge on any atom is -0.492 e. The van der Waals surface area contributed by atoms with Gasteiger partial charge >= 0.3 is 0 Å². The van der Waals surface area contributed by atoms with Crippen molar-refractivity contribution in [2.75, 3.05) is 24.0 Å². The number of ether oxygens (including phenoxy) is 1. The zero-order chi connectivity index (χ0) is 30.0. The van der Waals surface area contributed by atoms with E-state index in [2.05, 4.69) is 5.32 Å². The van der Waals surface area contributed by atoms with E-state index in [0.717, 1.165) is 9.87 Å². The average Bonchev–Trinajstić information content (AvgIpc) is 2.96. The quantitative estimate of drug-likeness (QED) is 0.286. The first-order chi connectivity index (χ1) is 19.6. The first-order valence-corrected chi connectivity index (χ1v) is 15.2. The molecule has 0 bridgehead atoms. The second-order valence-corrected chi connectivity index (χ2v) is 11.5. The average molecular weight is 584 g/mol. The fourth-order valence-electron chi connectivity index (χ4n) is 4.36. The van der Waals surface area contributed by atoms with Crippen molar-refractivity contribution in [3.05, 3.63) is 89.7 Å². The summed E-state index contributed by atoms with van der Waals surface area (Å²) in [7, 11) is -4.23. The Kier molecular flexibility index (Phi) is 11.3. The summed E-state index contributed by atoms with van der Waals surface area (Å²) in [6, 6.07) is 17.8. The molecule has 0 spiro atoms. The van der Waals surface area contributed by atoms with Crippen LogP contribution in [0.15, 0.2) is 77.7 Å². The first-order valence-electron chi connectivity index (χ1n) is 13.7. The van der Waals surface area contributed by atoms with Crippen LogP contribution >= 0.6 is 0 Å². The maximum absolute atomic E-state index is 14.1. The second-order valence-electron chi connectivity index (χ2n) is 9.59. The van der Waals surface area contributed by atoms with Gasteiger partial charge < -0.3 is 15.0 Å². The van der Waals surface area contributed by atoms with E-state index < -0.39 is 34.3 Å². The number of hydrogen-bond donors (Lipinski definition) is 1. The molecule has 0 saturated heterocycles. The molecular weight excluding hydrogens is 545 g/mol. The molecule has 1 atom stereocenters. The van der Waals surface area contributed by atoms with E-state index in [9.17, 15) is 22.4 Å². The maximum Gasteiger partial charge on any atom is 0.264 e. The van der Waals surface area contributed by atoms with E-state index in [4.69, 9.17) is 4.74 Å². The number of nitrogens with one attached hydrogen (secondary N) is 1. The standard InChI is InChI=1S/C31H38FN3O5S/c1-5-20-33-31(37)27(6-2)34(21-24-14-16-25(32)17-15-24)30(36)22-35(28-10-8-9-11-29(28)40-7-3)41(38,39)26-18-12-23(4)13-19-26/h8-19,27H,5-7,20-22H2,1-4H3,(H,33,37). The van der Waals surface area contributed by atoms with Gasteiger partial charge in [0.25, 0.3) is 10.0 Å².